The average Bonchev–Trinajstić information content (AvgIpc) is 2.64. The molecule has 1 fully saturated rings. The van der Waals surface area contributed by atoms with Crippen molar-refractivity contribution in [1.82, 2.24) is 10.2 Å². The zero-order chi connectivity index (χ0) is 16.8. The Morgan fingerprint density at radius 2 is 1.62 bits per heavy atom. The number of anilines is 1. The minimum atomic E-state index is -0.147. The fraction of sp³-hybridized carbons (Fsp3) is 0.400. The quantitative estimate of drug-likeness (QED) is 0.878. The van der Waals surface area contributed by atoms with Gasteiger partial charge in [0.25, 0.3) is 0 Å². The highest BCUT2D eigenvalue weighted by Crippen LogP contribution is 2.17. The summed E-state index contributed by atoms with van der Waals surface area (Å²) in [5.41, 5.74) is 3.23. The lowest BCUT2D eigenvalue weighted by Crippen LogP contribution is -2.46. The van der Waals surface area contributed by atoms with Crippen LogP contribution in [0.1, 0.15) is 18.1 Å². The van der Waals surface area contributed by atoms with Crippen LogP contribution in [0.5, 0.6) is 0 Å². The highest BCUT2D eigenvalue weighted by molar-refractivity contribution is 5.48. The largest absolute Gasteiger partial charge is 0.369 e. The molecule has 0 amide bonds. The maximum absolute atomic E-state index is 13.6. The van der Waals surface area contributed by atoms with Crippen LogP contribution in [0.3, 0.4) is 0 Å². The van der Waals surface area contributed by atoms with Crippen LogP contribution >= 0.6 is 0 Å². The topological polar surface area (TPSA) is 18.5 Å². The van der Waals surface area contributed by atoms with E-state index in [-0.39, 0.29) is 5.82 Å². The molecule has 4 heteroatoms. The number of hydrogen-bond acceptors (Lipinski definition) is 3. The zero-order valence-electron chi connectivity index (χ0n) is 14.3. The van der Waals surface area contributed by atoms with Gasteiger partial charge in [0.2, 0.25) is 0 Å². The molecule has 3 nitrogen and oxygen atoms in total. The van der Waals surface area contributed by atoms with Crippen molar-refractivity contribution in [2.24, 2.45) is 0 Å². The molecule has 0 aromatic heterocycles. The summed E-state index contributed by atoms with van der Waals surface area (Å²) in [4.78, 5) is 4.93. The number of nitrogens with zero attached hydrogens (tertiary/aromatic N) is 2. The van der Waals surface area contributed by atoms with Crippen molar-refractivity contribution in [2.75, 3.05) is 37.6 Å². The Labute approximate surface area is 144 Å². The Morgan fingerprint density at radius 1 is 0.917 bits per heavy atom. The normalized spacial score (nSPS) is 15.7. The number of nitrogens with one attached hydrogen (secondary N) is 1. The zero-order valence-corrected chi connectivity index (χ0v) is 14.3. The van der Waals surface area contributed by atoms with Gasteiger partial charge >= 0.3 is 0 Å². The maximum Gasteiger partial charge on any atom is 0.127 e. The molecule has 1 saturated heterocycles. The van der Waals surface area contributed by atoms with Gasteiger partial charge in [0, 0.05) is 50.5 Å². The van der Waals surface area contributed by atoms with Gasteiger partial charge in [-0.25, -0.2) is 4.39 Å². The Kier molecular flexibility index (Phi) is 5.83. The molecule has 0 radical (unpaired) electrons. The van der Waals surface area contributed by atoms with Crippen LogP contribution in [0.2, 0.25) is 0 Å². The van der Waals surface area contributed by atoms with Crippen LogP contribution in [0.15, 0.2) is 48.5 Å². The fourth-order valence-corrected chi connectivity index (χ4v) is 3.13. The second-order valence-electron chi connectivity index (χ2n) is 6.28. The minimum Gasteiger partial charge on any atom is -0.369 e. The van der Waals surface area contributed by atoms with Crippen molar-refractivity contribution in [1.29, 1.82) is 0 Å². The first kappa shape index (κ1) is 16.9. The SMILES string of the molecule is CCN1CCN(c2ccc(CNCc3ccccc3F)cc2)CC1. The van der Waals surface area contributed by atoms with E-state index in [0.717, 1.165) is 39.3 Å². The van der Waals surface area contributed by atoms with Crippen LogP contribution in [-0.4, -0.2) is 37.6 Å². The fourth-order valence-electron chi connectivity index (χ4n) is 3.13. The van der Waals surface area contributed by atoms with E-state index in [2.05, 4.69) is 46.3 Å². The van der Waals surface area contributed by atoms with Gasteiger partial charge in [0.1, 0.15) is 5.82 Å². The first-order chi connectivity index (χ1) is 11.8. The van der Waals surface area contributed by atoms with Gasteiger partial charge in [-0.1, -0.05) is 37.3 Å². The summed E-state index contributed by atoms with van der Waals surface area (Å²) >= 11 is 0. The van der Waals surface area contributed by atoms with Crippen LogP contribution < -0.4 is 10.2 Å². The van der Waals surface area contributed by atoms with Gasteiger partial charge in [-0.3, -0.25) is 0 Å². The number of benzene rings is 2. The number of halogens is 1. The van der Waals surface area contributed by atoms with E-state index in [1.165, 1.54) is 17.3 Å². The van der Waals surface area contributed by atoms with E-state index in [4.69, 9.17) is 0 Å². The molecule has 1 heterocycles. The molecular weight excluding hydrogens is 301 g/mol. The first-order valence-corrected chi connectivity index (χ1v) is 8.76. The van der Waals surface area contributed by atoms with Crippen molar-refractivity contribution in [3.63, 3.8) is 0 Å². The Morgan fingerprint density at radius 3 is 2.29 bits per heavy atom. The average molecular weight is 327 g/mol. The summed E-state index contributed by atoms with van der Waals surface area (Å²) in [5, 5.41) is 3.31. The van der Waals surface area contributed by atoms with Gasteiger partial charge in [-0.15, -0.1) is 0 Å². The molecule has 128 valence electrons. The highest BCUT2D eigenvalue weighted by Gasteiger charge is 2.15. The standard InChI is InChI=1S/C20H26FN3/c1-2-23-11-13-24(14-12-23)19-9-7-17(8-10-19)15-22-16-18-5-3-4-6-20(18)21/h3-10,22H,2,11-16H2,1H3. The number of piperazine rings is 1. The van der Waals surface area contributed by atoms with Crippen LogP contribution in [0.25, 0.3) is 0 Å². The van der Waals surface area contributed by atoms with Crippen LogP contribution in [0.4, 0.5) is 10.1 Å². The molecule has 0 saturated carbocycles. The maximum atomic E-state index is 13.6. The number of hydrogen-bond donors (Lipinski definition) is 1. The summed E-state index contributed by atoms with van der Waals surface area (Å²) in [6.07, 6.45) is 0. The predicted octanol–water partition coefficient (Wildman–Crippen LogP) is 3.26. The van der Waals surface area contributed by atoms with Crippen LogP contribution in [0, 0.1) is 5.82 Å². The van der Waals surface area contributed by atoms with Gasteiger partial charge in [0.05, 0.1) is 0 Å². The van der Waals surface area contributed by atoms with Gasteiger partial charge in [-0.05, 0) is 30.3 Å². The molecule has 2 aromatic rings. The van der Waals surface area contributed by atoms with Gasteiger partial charge in [0.15, 0.2) is 0 Å². The molecule has 24 heavy (non-hydrogen) atoms. The molecule has 0 atom stereocenters. The Balaban J connectivity index is 1.49. The van der Waals surface area contributed by atoms with Crippen molar-refractivity contribution < 1.29 is 4.39 Å². The van der Waals surface area contributed by atoms with E-state index in [9.17, 15) is 4.39 Å². The minimum absolute atomic E-state index is 0.147. The third-order valence-corrected chi connectivity index (χ3v) is 4.72. The van der Waals surface area contributed by atoms with Gasteiger partial charge < -0.3 is 15.1 Å². The van der Waals surface area contributed by atoms with Crippen molar-refractivity contribution in [2.45, 2.75) is 20.0 Å². The molecule has 0 bridgehead atoms. The van der Waals surface area contributed by atoms with E-state index >= 15 is 0 Å². The van der Waals surface area contributed by atoms with Crippen molar-refractivity contribution in [3.05, 3.63) is 65.5 Å². The van der Waals surface area contributed by atoms with Crippen molar-refractivity contribution >= 4 is 5.69 Å². The lowest BCUT2D eigenvalue weighted by atomic mass is 10.1. The molecule has 0 aliphatic carbocycles. The molecule has 0 unspecified atom stereocenters. The van der Waals surface area contributed by atoms with Gasteiger partial charge in [-0.2, -0.15) is 0 Å². The van der Waals surface area contributed by atoms with E-state index in [0.29, 0.717) is 12.1 Å². The Hall–Kier alpha value is -1.91. The van der Waals surface area contributed by atoms with E-state index in [1.54, 1.807) is 6.07 Å². The molecule has 2 aromatic carbocycles. The second kappa shape index (κ2) is 8.27. The summed E-state index contributed by atoms with van der Waals surface area (Å²) in [7, 11) is 0. The molecule has 1 N–H and O–H groups in total. The van der Waals surface area contributed by atoms with E-state index in [1.807, 2.05) is 12.1 Å². The summed E-state index contributed by atoms with van der Waals surface area (Å²) in [5.74, 6) is -0.147. The summed E-state index contributed by atoms with van der Waals surface area (Å²) < 4.78 is 13.6. The smallest absolute Gasteiger partial charge is 0.127 e. The lowest BCUT2D eigenvalue weighted by Gasteiger charge is -2.35. The molecular formula is C20H26FN3. The molecule has 3 rings (SSSR count). The lowest BCUT2D eigenvalue weighted by molar-refractivity contribution is 0.271. The molecule has 0 spiro atoms. The Bertz CT molecular complexity index is 634. The monoisotopic (exact) mass is 327 g/mol. The van der Waals surface area contributed by atoms with Crippen molar-refractivity contribution in [3.8, 4) is 0 Å². The summed E-state index contributed by atoms with van der Waals surface area (Å²) in [6, 6.07) is 15.6. The third-order valence-electron chi connectivity index (χ3n) is 4.72. The molecule has 1 aliphatic heterocycles. The van der Waals surface area contributed by atoms with E-state index < -0.39 is 0 Å². The first-order valence-electron chi connectivity index (χ1n) is 8.76. The second-order valence-corrected chi connectivity index (χ2v) is 6.28. The molecule has 1 aliphatic rings. The number of likely N-dealkylation sites (N-methyl/N-ethyl adjacent to an activating group) is 1. The predicted molar refractivity (Wildman–Crippen MR) is 97.7 cm³/mol. The third kappa shape index (κ3) is 4.34. The highest BCUT2D eigenvalue weighted by atomic mass is 19.1. The number of rotatable bonds is 6. The summed E-state index contributed by atoms with van der Waals surface area (Å²) in [6.45, 7) is 9.13. The van der Waals surface area contributed by atoms with Crippen LogP contribution in [-0.2, 0) is 13.1 Å².